The summed E-state index contributed by atoms with van der Waals surface area (Å²) in [5.41, 5.74) is 1.10. The molecule has 0 spiro atoms. The molecule has 0 amide bonds. The first-order chi connectivity index (χ1) is 11.5. The van der Waals surface area contributed by atoms with E-state index < -0.39 is 4.92 Å². The predicted octanol–water partition coefficient (Wildman–Crippen LogP) is 4.97. The zero-order valence-electron chi connectivity index (χ0n) is 12.7. The van der Waals surface area contributed by atoms with Crippen molar-refractivity contribution in [1.29, 1.82) is 0 Å². The normalized spacial score (nSPS) is 10.8. The van der Waals surface area contributed by atoms with E-state index in [4.69, 9.17) is 0 Å². The maximum atomic E-state index is 13.7. The second-order valence-electron chi connectivity index (χ2n) is 5.31. The Bertz CT molecular complexity index is 947. The Kier molecular flexibility index (Phi) is 4.44. The van der Waals surface area contributed by atoms with Gasteiger partial charge in [0, 0.05) is 29.3 Å². The molecule has 7 heteroatoms. The molecule has 0 aliphatic heterocycles. The monoisotopic (exact) mass is 389 g/mol. The molecule has 1 heterocycles. The van der Waals surface area contributed by atoms with E-state index in [1.54, 1.807) is 37.3 Å². The van der Waals surface area contributed by atoms with Crippen molar-refractivity contribution in [1.82, 2.24) is 4.98 Å². The van der Waals surface area contributed by atoms with Gasteiger partial charge < -0.3 is 5.32 Å². The van der Waals surface area contributed by atoms with Crippen LogP contribution in [0.2, 0.25) is 0 Å². The maximum Gasteiger partial charge on any atom is 0.281 e. The zero-order chi connectivity index (χ0) is 17.3. The smallest absolute Gasteiger partial charge is 0.281 e. The molecule has 0 fully saturated rings. The van der Waals surface area contributed by atoms with Crippen LogP contribution >= 0.6 is 15.9 Å². The summed E-state index contributed by atoms with van der Waals surface area (Å²) in [6.07, 6.45) is 1.51. The summed E-state index contributed by atoms with van der Waals surface area (Å²) in [4.78, 5) is 15.3. The molecule has 3 aromatic rings. The van der Waals surface area contributed by atoms with Gasteiger partial charge in [0.2, 0.25) is 0 Å². The minimum atomic E-state index is -0.400. The number of hydrogen-bond donors (Lipinski definition) is 1. The van der Waals surface area contributed by atoms with Crippen molar-refractivity contribution in [2.24, 2.45) is 0 Å². The van der Waals surface area contributed by atoms with Crippen LogP contribution in [0.5, 0.6) is 0 Å². The first kappa shape index (κ1) is 16.3. The Hall–Kier alpha value is -2.54. The van der Waals surface area contributed by atoms with E-state index in [1.807, 2.05) is 0 Å². The van der Waals surface area contributed by atoms with Crippen LogP contribution in [0.25, 0.3) is 10.8 Å². The number of aromatic nitrogens is 1. The third-order valence-electron chi connectivity index (χ3n) is 3.77. The Morgan fingerprint density at radius 3 is 2.75 bits per heavy atom. The SMILES string of the molecule is Cc1ccc2c(NCc3ccccc3F)ncc(Br)c2c1[N+](=O)[O-]. The van der Waals surface area contributed by atoms with Crippen LogP contribution in [0.15, 0.2) is 47.1 Å². The molecule has 3 rings (SSSR count). The first-order valence-corrected chi connectivity index (χ1v) is 7.98. The highest BCUT2D eigenvalue weighted by Crippen LogP contribution is 2.37. The molecule has 0 atom stereocenters. The van der Waals surface area contributed by atoms with Crippen LogP contribution in [0, 0.1) is 22.9 Å². The van der Waals surface area contributed by atoms with E-state index >= 15 is 0 Å². The van der Waals surface area contributed by atoms with E-state index in [9.17, 15) is 14.5 Å². The van der Waals surface area contributed by atoms with Gasteiger partial charge in [-0.3, -0.25) is 10.1 Å². The highest BCUT2D eigenvalue weighted by molar-refractivity contribution is 9.10. The molecule has 5 nitrogen and oxygen atoms in total. The van der Waals surface area contributed by atoms with Gasteiger partial charge in [-0.15, -0.1) is 0 Å². The van der Waals surface area contributed by atoms with Gasteiger partial charge in [0.05, 0.1) is 14.8 Å². The lowest BCUT2D eigenvalue weighted by atomic mass is 10.1. The minimum absolute atomic E-state index is 0.0377. The van der Waals surface area contributed by atoms with Gasteiger partial charge in [0.1, 0.15) is 11.6 Å². The quantitative estimate of drug-likeness (QED) is 0.505. The van der Waals surface area contributed by atoms with Crippen molar-refractivity contribution in [2.45, 2.75) is 13.5 Å². The molecule has 0 saturated heterocycles. The van der Waals surface area contributed by atoms with Gasteiger partial charge in [-0.25, -0.2) is 9.37 Å². The molecule has 1 aromatic heterocycles. The third-order valence-corrected chi connectivity index (χ3v) is 4.37. The number of nitro benzene ring substituents is 1. The number of anilines is 1. The summed E-state index contributed by atoms with van der Waals surface area (Å²) >= 11 is 3.34. The fourth-order valence-electron chi connectivity index (χ4n) is 2.59. The fourth-order valence-corrected chi connectivity index (χ4v) is 3.09. The van der Waals surface area contributed by atoms with Crippen molar-refractivity contribution >= 4 is 38.2 Å². The molecule has 24 heavy (non-hydrogen) atoms. The van der Waals surface area contributed by atoms with Crippen LogP contribution in [-0.2, 0) is 6.54 Å². The molecule has 122 valence electrons. The molecule has 2 aromatic carbocycles. The van der Waals surface area contributed by atoms with Gasteiger partial charge in [-0.1, -0.05) is 24.3 Å². The molecule has 0 radical (unpaired) electrons. The van der Waals surface area contributed by atoms with Crippen molar-refractivity contribution in [2.75, 3.05) is 5.32 Å². The molecule has 0 aliphatic rings. The van der Waals surface area contributed by atoms with Crippen LogP contribution in [-0.4, -0.2) is 9.91 Å². The summed E-state index contributed by atoms with van der Waals surface area (Å²) < 4.78 is 14.3. The molecule has 0 aliphatic carbocycles. The van der Waals surface area contributed by atoms with Crippen LogP contribution in [0.4, 0.5) is 15.9 Å². The van der Waals surface area contributed by atoms with E-state index in [1.165, 1.54) is 12.3 Å². The Morgan fingerprint density at radius 2 is 2.04 bits per heavy atom. The third kappa shape index (κ3) is 2.94. The number of hydrogen-bond acceptors (Lipinski definition) is 4. The lowest BCUT2D eigenvalue weighted by molar-refractivity contribution is -0.383. The molecular formula is C17H13BrFN3O2. The summed E-state index contributed by atoms with van der Waals surface area (Å²) in [5, 5.41) is 15.6. The number of aryl methyl sites for hydroxylation is 1. The number of halogens is 2. The van der Waals surface area contributed by atoms with Gasteiger partial charge >= 0.3 is 0 Å². The standard InChI is InChI=1S/C17H13BrFN3O2/c1-10-6-7-12-15(16(10)22(23)24)13(18)9-21-17(12)20-8-11-4-2-3-5-14(11)19/h2-7,9H,8H2,1H3,(H,20,21). The van der Waals surface area contributed by atoms with E-state index in [0.717, 1.165) is 0 Å². The van der Waals surface area contributed by atoms with E-state index in [-0.39, 0.29) is 18.0 Å². The summed E-state index contributed by atoms with van der Waals surface area (Å²) in [5.74, 6) is 0.160. The number of rotatable bonds is 4. The van der Waals surface area contributed by atoms with Crippen LogP contribution in [0.1, 0.15) is 11.1 Å². The molecule has 0 unspecified atom stereocenters. The Balaban J connectivity index is 2.07. The molecule has 1 N–H and O–H groups in total. The van der Waals surface area contributed by atoms with Crippen molar-refractivity contribution in [3.63, 3.8) is 0 Å². The lowest BCUT2D eigenvalue weighted by Gasteiger charge is -2.11. The second kappa shape index (κ2) is 6.52. The Morgan fingerprint density at radius 1 is 1.29 bits per heavy atom. The van der Waals surface area contributed by atoms with Crippen molar-refractivity contribution in [3.05, 3.63) is 74.1 Å². The summed E-state index contributed by atoms with van der Waals surface area (Å²) in [7, 11) is 0. The average molecular weight is 390 g/mol. The predicted molar refractivity (Wildman–Crippen MR) is 94.6 cm³/mol. The van der Waals surface area contributed by atoms with Crippen LogP contribution < -0.4 is 5.32 Å². The Labute approximate surface area is 145 Å². The highest BCUT2D eigenvalue weighted by Gasteiger charge is 2.20. The van der Waals surface area contributed by atoms with E-state index in [2.05, 4.69) is 26.2 Å². The fraction of sp³-hybridized carbons (Fsp3) is 0.118. The topological polar surface area (TPSA) is 68.1 Å². The van der Waals surface area contributed by atoms with Gasteiger partial charge in [0.15, 0.2) is 0 Å². The van der Waals surface area contributed by atoms with Gasteiger partial charge in [-0.2, -0.15) is 0 Å². The number of nitro groups is 1. The summed E-state index contributed by atoms with van der Waals surface area (Å²) in [6.45, 7) is 1.93. The highest BCUT2D eigenvalue weighted by atomic mass is 79.9. The molecule has 0 saturated carbocycles. The van der Waals surface area contributed by atoms with Gasteiger partial charge in [0.25, 0.3) is 5.69 Å². The summed E-state index contributed by atoms with van der Waals surface area (Å²) in [6, 6.07) is 9.90. The number of benzene rings is 2. The number of nitrogens with one attached hydrogen (secondary N) is 1. The average Bonchev–Trinajstić information content (AvgIpc) is 2.55. The molecule has 0 bridgehead atoms. The lowest BCUT2D eigenvalue weighted by Crippen LogP contribution is -2.04. The van der Waals surface area contributed by atoms with Crippen LogP contribution in [0.3, 0.4) is 0 Å². The van der Waals surface area contributed by atoms with E-state index in [0.29, 0.717) is 32.2 Å². The first-order valence-electron chi connectivity index (χ1n) is 7.18. The zero-order valence-corrected chi connectivity index (χ0v) is 14.3. The number of nitrogens with zero attached hydrogens (tertiary/aromatic N) is 2. The van der Waals surface area contributed by atoms with Gasteiger partial charge in [-0.05, 0) is 35.0 Å². The molecular weight excluding hydrogens is 377 g/mol. The second-order valence-corrected chi connectivity index (χ2v) is 6.16. The largest absolute Gasteiger partial charge is 0.365 e. The van der Waals surface area contributed by atoms with Crippen molar-refractivity contribution < 1.29 is 9.31 Å². The van der Waals surface area contributed by atoms with Crippen molar-refractivity contribution in [3.8, 4) is 0 Å². The maximum absolute atomic E-state index is 13.7. The number of pyridine rings is 1. The number of fused-ring (bicyclic) bond motifs is 1. The minimum Gasteiger partial charge on any atom is -0.365 e.